The van der Waals surface area contributed by atoms with E-state index in [2.05, 4.69) is 58.4 Å². The van der Waals surface area contributed by atoms with Crippen LogP contribution in [0, 0.1) is 5.92 Å². The number of amides is 1. The highest BCUT2D eigenvalue weighted by Gasteiger charge is 2.36. The molecule has 1 aromatic heterocycles. The van der Waals surface area contributed by atoms with Crippen molar-refractivity contribution in [3.63, 3.8) is 0 Å². The lowest BCUT2D eigenvalue weighted by molar-refractivity contribution is -0.121. The van der Waals surface area contributed by atoms with E-state index in [-0.39, 0.29) is 5.91 Å². The van der Waals surface area contributed by atoms with Crippen LogP contribution in [0.3, 0.4) is 0 Å². The first kappa shape index (κ1) is 21.1. The molecule has 2 atom stereocenters. The number of nitrogens with one attached hydrogen (secondary N) is 1. The molecule has 1 saturated heterocycles. The van der Waals surface area contributed by atoms with Crippen molar-refractivity contribution < 1.29 is 9.21 Å². The molecule has 4 rings (SSSR count). The Morgan fingerprint density at radius 2 is 1.80 bits per heavy atom. The Morgan fingerprint density at radius 3 is 2.53 bits per heavy atom. The van der Waals surface area contributed by atoms with Crippen LogP contribution in [0.5, 0.6) is 0 Å². The minimum absolute atomic E-state index is 0.125. The number of piperazine rings is 1. The average molecular weight is 410 g/mol. The molecule has 1 aliphatic heterocycles. The number of rotatable bonds is 10. The Balaban J connectivity index is 1.05. The second-order valence-corrected chi connectivity index (χ2v) is 8.93. The Kier molecular flexibility index (Phi) is 7.24. The van der Waals surface area contributed by atoms with Gasteiger partial charge in [-0.05, 0) is 43.0 Å². The lowest BCUT2D eigenvalue weighted by Crippen LogP contribution is -2.46. The van der Waals surface area contributed by atoms with Crippen molar-refractivity contribution in [2.75, 3.05) is 39.3 Å². The van der Waals surface area contributed by atoms with E-state index >= 15 is 0 Å². The molecule has 2 fully saturated rings. The normalized spacial score (nSPS) is 22.2. The number of carbonyl (C=O) groups excluding carboxylic acids is 1. The van der Waals surface area contributed by atoms with E-state index < -0.39 is 0 Å². The van der Waals surface area contributed by atoms with Crippen molar-refractivity contribution in [1.29, 1.82) is 0 Å². The monoisotopic (exact) mass is 409 g/mol. The first-order valence-corrected chi connectivity index (χ1v) is 11.5. The van der Waals surface area contributed by atoms with Gasteiger partial charge in [0, 0.05) is 58.0 Å². The van der Waals surface area contributed by atoms with Gasteiger partial charge in [0.15, 0.2) is 0 Å². The highest BCUT2D eigenvalue weighted by Crippen LogP contribution is 2.47. The van der Waals surface area contributed by atoms with Crippen LogP contribution in [0.1, 0.15) is 49.2 Å². The molecule has 0 bridgehead atoms. The Hall–Kier alpha value is -2.11. The first-order valence-electron chi connectivity index (χ1n) is 11.5. The third-order valence-corrected chi connectivity index (χ3v) is 6.44. The average Bonchev–Trinajstić information content (AvgIpc) is 3.31. The fraction of sp³-hybridized carbons (Fsp3) is 0.560. The summed E-state index contributed by atoms with van der Waals surface area (Å²) >= 11 is 0. The van der Waals surface area contributed by atoms with Crippen LogP contribution in [0.2, 0.25) is 0 Å². The molecule has 1 aliphatic carbocycles. The Labute approximate surface area is 180 Å². The molecule has 2 aliphatic rings. The van der Waals surface area contributed by atoms with Gasteiger partial charge in [0.2, 0.25) is 5.91 Å². The predicted octanol–water partition coefficient (Wildman–Crippen LogP) is 3.66. The summed E-state index contributed by atoms with van der Waals surface area (Å²) in [5.41, 5.74) is 1.39. The summed E-state index contributed by atoms with van der Waals surface area (Å²) in [6.45, 7) is 9.57. The number of aryl methyl sites for hydroxylation is 1. The third kappa shape index (κ3) is 6.19. The van der Waals surface area contributed by atoms with Crippen LogP contribution in [-0.4, -0.2) is 55.0 Å². The van der Waals surface area contributed by atoms with Crippen molar-refractivity contribution in [2.24, 2.45) is 5.92 Å². The minimum atomic E-state index is 0.125. The van der Waals surface area contributed by atoms with Crippen molar-refractivity contribution in [2.45, 2.75) is 45.1 Å². The van der Waals surface area contributed by atoms with Gasteiger partial charge in [-0.3, -0.25) is 9.69 Å². The zero-order valence-corrected chi connectivity index (χ0v) is 18.2. The zero-order valence-electron chi connectivity index (χ0n) is 18.2. The van der Waals surface area contributed by atoms with E-state index in [0.717, 1.165) is 69.7 Å². The van der Waals surface area contributed by atoms with Gasteiger partial charge < -0.3 is 14.6 Å². The number of nitrogens with zero attached hydrogens (tertiary/aromatic N) is 2. The minimum Gasteiger partial charge on any atom is -0.466 e. The highest BCUT2D eigenvalue weighted by molar-refractivity contribution is 5.76. The van der Waals surface area contributed by atoms with Crippen molar-refractivity contribution in [3.8, 4) is 0 Å². The fourth-order valence-corrected chi connectivity index (χ4v) is 4.31. The van der Waals surface area contributed by atoms with Gasteiger partial charge in [0.05, 0.1) is 0 Å². The summed E-state index contributed by atoms with van der Waals surface area (Å²) in [7, 11) is 0. The van der Waals surface area contributed by atoms with Crippen LogP contribution in [0.15, 0.2) is 46.9 Å². The lowest BCUT2D eigenvalue weighted by atomic mass is 10.2. The van der Waals surface area contributed by atoms with E-state index in [1.165, 1.54) is 12.0 Å². The van der Waals surface area contributed by atoms with Crippen molar-refractivity contribution in [1.82, 2.24) is 15.1 Å². The largest absolute Gasteiger partial charge is 0.466 e. The fourth-order valence-electron chi connectivity index (χ4n) is 4.31. The topological polar surface area (TPSA) is 48.7 Å². The van der Waals surface area contributed by atoms with E-state index in [1.54, 1.807) is 0 Å². The maximum atomic E-state index is 12.1. The van der Waals surface area contributed by atoms with Crippen LogP contribution >= 0.6 is 0 Å². The van der Waals surface area contributed by atoms with Crippen LogP contribution < -0.4 is 5.32 Å². The number of carbonyl (C=O) groups is 1. The summed E-state index contributed by atoms with van der Waals surface area (Å²) in [5.74, 6) is 3.52. The lowest BCUT2D eigenvalue weighted by Gasteiger charge is -2.34. The highest BCUT2D eigenvalue weighted by atomic mass is 16.3. The molecule has 1 amide bonds. The second-order valence-electron chi connectivity index (χ2n) is 8.93. The number of benzene rings is 1. The summed E-state index contributed by atoms with van der Waals surface area (Å²) in [4.78, 5) is 17.2. The molecule has 1 aromatic carbocycles. The number of furan rings is 1. The molecule has 0 spiro atoms. The number of hydrogen-bond acceptors (Lipinski definition) is 4. The van der Waals surface area contributed by atoms with E-state index in [9.17, 15) is 4.79 Å². The summed E-state index contributed by atoms with van der Waals surface area (Å²) in [6.07, 6.45) is 3.44. The first-order chi connectivity index (χ1) is 14.7. The molecule has 162 valence electrons. The zero-order chi connectivity index (χ0) is 20.8. The molecular weight excluding hydrogens is 374 g/mol. The number of hydrogen-bond donors (Lipinski definition) is 1. The van der Waals surface area contributed by atoms with Gasteiger partial charge >= 0.3 is 0 Å². The maximum Gasteiger partial charge on any atom is 0.220 e. The van der Waals surface area contributed by atoms with Gasteiger partial charge in [-0.25, -0.2) is 0 Å². The second kappa shape index (κ2) is 10.3. The van der Waals surface area contributed by atoms with Crippen molar-refractivity contribution >= 4 is 5.91 Å². The summed E-state index contributed by atoms with van der Waals surface area (Å²) in [6, 6.07) is 14.8. The quantitative estimate of drug-likeness (QED) is 0.609. The Bertz CT molecular complexity index is 796. The Morgan fingerprint density at radius 1 is 1.07 bits per heavy atom. The SMILES string of the molecule is C[C@H]1C[C@H]1c1ccc(CCC(=O)NCCCN2CCN(Cc3ccccc3)CC2)o1. The molecule has 0 radical (unpaired) electrons. The van der Waals surface area contributed by atoms with Crippen LogP contribution in [0.25, 0.3) is 0 Å². The van der Waals surface area contributed by atoms with Crippen molar-refractivity contribution in [3.05, 3.63) is 59.5 Å². The summed E-state index contributed by atoms with van der Waals surface area (Å²) in [5, 5.41) is 3.07. The van der Waals surface area contributed by atoms with E-state index in [4.69, 9.17) is 4.42 Å². The molecule has 5 nitrogen and oxygen atoms in total. The molecule has 0 unspecified atom stereocenters. The van der Waals surface area contributed by atoms with Gasteiger partial charge in [-0.15, -0.1) is 0 Å². The molecule has 2 heterocycles. The molecule has 2 aromatic rings. The van der Waals surface area contributed by atoms with Gasteiger partial charge in [-0.1, -0.05) is 37.3 Å². The molecular formula is C25H35N3O2. The smallest absolute Gasteiger partial charge is 0.220 e. The molecule has 1 N–H and O–H groups in total. The third-order valence-electron chi connectivity index (χ3n) is 6.44. The predicted molar refractivity (Wildman–Crippen MR) is 119 cm³/mol. The standard InChI is InChI=1S/C25H35N3O2/c1-20-18-23(20)24-10-8-22(30-24)9-11-25(29)26-12-5-13-27-14-16-28(17-15-27)19-21-6-3-2-4-7-21/h2-4,6-8,10,20,23H,5,9,11-19H2,1H3,(H,26,29)/t20-,23+/m0/s1. The van der Waals surface area contributed by atoms with E-state index in [1.807, 2.05) is 6.07 Å². The summed E-state index contributed by atoms with van der Waals surface area (Å²) < 4.78 is 5.89. The van der Waals surface area contributed by atoms with Gasteiger partial charge in [0.25, 0.3) is 0 Å². The molecule has 5 heteroatoms. The van der Waals surface area contributed by atoms with Gasteiger partial charge in [0.1, 0.15) is 11.5 Å². The van der Waals surface area contributed by atoms with Crippen LogP contribution in [0.4, 0.5) is 0 Å². The van der Waals surface area contributed by atoms with E-state index in [0.29, 0.717) is 18.8 Å². The molecule has 30 heavy (non-hydrogen) atoms. The maximum absolute atomic E-state index is 12.1. The van der Waals surface area contributed by atoms with Crippen LogP contribution in [-0.2, 0) is 17.8 Å². The van der Waals surface area contributed by atoms with Gasteiger partial charge in [-0.2, -0.15) is 0 Å². The molecule has 1 saturated carbocycles.